The first-order valence-electron chi connectivity index (χ1n) is 26.5. The van der Waals surface area contributed by atoms with E-state index in [1.54, 1.807) is 56.8 Å². The number of likely N-dealkylation sites (N-methyl/N-ethyl adjacent to an activating group) is 2. The highest BCUT2D eigenvalue weighted by Gasteiger charge is 2.46. The third-order valence-corrected chi connectivity index (χ3v) is 14.6. The molecule has 0 spiro atoms. The van der Waals surface area contributed by atoms with Crippen LogP contribution in [0.1, 0.15) is 107 Å². The van der Waals surface area contributed by atoms with Gasteiger partial charge in [-0.1, -0.05) is 105 Å². The van der Waals surface area contributed by atoms with Crippen molar-refractivity contribution in [1.29, 1.82) is 0 Å². The van der Waals surface area contributed by atoms with Gasteiger partial charge < -0.3 is 50.8 Å². The molecule has 402 valence electrons. The van der Waals surface area contributed by atoms with Crippen LogP contribution in [0, 0.1) is 29.1 Å². The number of benzene rings is 3. The Kier molecular flexibility index (Phi) is 21.4. The minimum Gasteiger partial charge on any atom is -0.364 e. The molecule has 0 radical (unpaired) electrons. The lowest BCUT2D eigenvalue weighted by molar-refractivity contribution is -0.144. The zero-order valence-corrected chi connectivity index (χ0v) is 45.1. The lowest BCUT2D eigenvalue weighted by Gasteiger charge is -2.36. The molecule has 1 unspecified atom stereocenters. The second-order valence-corrected chi connectivity index (χ2v) is 20.9. The molecule has 2 fully saturated rings. The van der Waals surface area contributed by atoms with Gasteiger partial charge in [-0.05, 0) is 119 Å². The second-order valence-electron chi connectivity index (χ2n) is 20.9. The highest BCUT2D eigenvalue weighted by molar-refractivity contribution is 5.95. The third-order valence-electron chi connectivity index (χ3n) is 14.6. The molecule has 0 bridgehead atoms. The van der Waals surface area contributed by atoms with E-state index in [1.807, 2.05) is 92.4 Å². The smallest absolute Gasteiger partial charge is 0.253 e. The van der Waals surface area contributed by atoms with Gasteiger partial charge in [-0.25, -0.2) is 0 Å². The van der Waals surface area contributed by atoms with E-state index in [4.69, 9.17) is 9.47 Å². The van der Waals surface area contributed by atoms with Crippen molar-refractivity contribution in [3.05, 3.63) is 107 Å². The summed E-state index contributed by atoms with van der Waals surface area (Å²) < 4.78 is 12.3. The van der Waals surface area contributed by atoms with Crippen molar-refractivity contribution in [2.45, 2.75) is 141 Å². The van der Waals surface area contributed by atoms with Crippen LogP contribution in [0.5, 0.6) is 0 Å². The summed E-state index contributed by atoms with van der Waals surface area (Å²) in [5.74, 6) is 9.65. The van der Waals surface area contributed by atoms with Gasteiger partial charge in [-0.3, -0.25) is 28.8 Å². The number of ether oxygens (including phenoxy) is 2. The molecule has 0 aromatic heterocycles. The molecule has 75 heavy (non-hydrogen) atoms. The SMILES string of the molecule is CN[C@@H](C)C(=O)NC(C(=O)N1C[C@@H](OCC#CC#CCO[C@H](C)[C@H](NC(=O)[C@H](C)NC)C(=O)N2CCC[C@H]2CN(CCc2ccccc2)C(=O)c2ccccc2)C[C@H]1C(=O)N[C@@H]1CCCc2ccccc21)C(C)(C)C. The first-order chi connectivity index (χ1) is 36.0. The van der Waals surface area contributed by atoms with E-state index >= 15 is 0 Å². The standard InChI is InChI=1S/C59H78N8O8/c1-40(60-7)53(68)63-51(57(72)66-33-22-29-46(66)38-65(34-32-43-23-13-11-14-24-43)56(71)45-26-15-12-16-27-45)42(3)74-35-19-9-10-20-36-75-47-37-50(55(70)62-49-31-21-28-44-25-17-18-30-48(44)49)67(39-47)58(73)52(59(4,5)6)64-54(69)41(2)61-8/h11-18,23-27,30,40-42,46-47,49-52,60-61H,21-22,28-29,31-39H2,1-8H3,(H,62,70)(H,63,68)(H,64,69)/t40-,41-,42+,46-,47-,49+,50-,51-,52?/m0/s1. The summed E-state index contributed by atoms with van der Waals surface area (Å²) in [6.07, 6.45) is 3.70. The number of aryl methyl sites for hydroxylation is 1. The van der Waals surface area contributed by atoms with Gasteiger partial charge in [0.1, 0.15) is 31.3 Å². The topological polar surface area (TPSA) is 191 Å². The van der Waals surface area contributed by atoms with Crippen molar-refractivity contribution in [1.82, 2.24) is 41.3 Å². The van der Waals surface area contributed by atoms with Crippen LogP contribution in [0.15, 0.2) is 84.9 Å². The van der Waals surface area contributed by atoms with Crippen LogP contribution in [0.4, 0.5) is 0 Å². The quantitative estimate of drug-likeness (QED) is 0.0969. The summed E-state index contributed by atoms with van der Waals surface area (Å²) in [6, 6.07) is 22.9. The molecular formula is C59H78N8O8. The number of likely N-dealkylation sites (tertiary alicyclic amines) is 2. The molecule has 5 N–H and O–H groups in total. The number of hydrogen-bond donors (Lipinski definition) is 5. The van der Waals surface area contributed by atoms with Crippen LogP contribution < -0.4 is 26.6 Å². The summed E-state index contributed by atoms with van der Waals surface area (Å²) in [5, 5.41) is 15.0. The van der Waals surface area contributed by atoms with E-state index in [0.29, 0.717) is 38.0 Å². The van der Waals surface area contributed by atoms with Crippen molar-refractivity contribution < 1.29 is 38.2 Å². The van der Waals surface area contributed by atoms with Gasteiger partial charge in [0.25, 0.3) is 5.91 Å². The number of carbonyl (C=O) groups is 6. The molecule has 2 saturated heterocycles. The van der Waals surface area contributed by atoms with Crippen LogP contribution in [0.3, 0.4) is 0 Å². The van der Waals surface area contributed by atoms with Crippen LogP contribution in [-0.2, 0) is 46.3 Å². The van der Waals surface area contributed by atoms with Crippen molar-refractivity contribution in [2.24, 2.45) is 5.41 Å². The Morgan fingerprint density at radius 1 is 0.760 bits per heavy atom. The van der Waals surface area contributed by atoms with Crippen LogP contribution in [0.25, 0.3) is 0 Å². The van der Waals surface area contributed by atoms with Crippen molar-refractivity contribution in [3.8, 4) is 23.7 Å². The minimum absolute atomic E-state index is 0.0218. The largest absolute Gasteiger partial charge is 0.364 e. The molecule has 6 amide bonds. The zero-order chi connectivity index (χ0) is 54.1. The van der Waals surface area contributed by atoms with Crippen LogP contribution >= 0.6 is 0 Å². The Morgan fingerprint density at radius 2 is 1.40 bits per heavy atom. The number of carbonyl (C=O) groups excluding carboxylic acids is 6. The number of fused-ring (bicyclic) bond motifs is 1. The number of amides is 6. The summed E-state index contributed by atoms with van der Waals surface area (Å²) >= 11 is 0. The number of nitrogens with one attached hydrogen (secondary N) is 5. The molecular weight excluding hydrogens is 949 g/mol. The molecule has 16 nitrogen and oxygen atoms in total. The molecule has 3 aromatic carbocycles. The maximum atomic E-state index is 14.5. The van der Waals surface area contributed by atoms with Crippen LogP contribution in [-0.4, -0.2) is 152 Å². The summed E-state index contributed by atoms with van der Waals surface area (Å²) in [6.45, 7) is 12.1. The molecule has 2 aliphatic heterocycles. The van der Waals surface area contributed by atoms with E-state index in [9.17, 15) is 28.8 Å². The fourth-order valence-electron chi connectivity index (χ4n) is 9.87. The summed E-state index contributed by atoms with van der Waals surface area (Å²) in [4.78, 5) is 88.7. The van der Waals surface area contributed by atoms with E-state index in [2.05, 4.69) is 56.3 Å². The first kappa shape index (κ1) is 57.7. The summed E-state index contributed by atoms with van der Waals surface area (Å²) in [5.41, 5.74) is 3.30. The van der Waals surface area contributed by atoms with Crippen molar-refractivity contribution in [3.63, 3.8) is 0 Å². The van der Waals surface area contributed by atoms with E-state index in [0.717, 1.165) is 36.8 Å². The van der Waals surface area contributed by atoms with Gasteiger partial charge in [0.05, 0.1) is 30.3 Å². The van der Waals surface area contributed by atoms with E-state index in [-0.39, 0.29) is 73.7 Å². The number of rotatable bonds is 21. The third kappa shape index (κ3) is 16.0. The molecule has 6 rings (SSSR count). The zero-order valence-electron chi connectivity index (χ0n) is 45.1. The second kappa shape index (κ2) is 27.8. The number of hydrogen-bond acceptors (Lipinski definition) is 10. The van der Waals surface area contributed by atoms with Gasteiger partial charge >= 0.3 is 0 Å². The maximum Gasteiger partial charge on any atom is 0.253 e. The van der Waals surface area contributed by atoms with Gasteiger partial charge in [0.15, 0.2) is 0 Å². The Morgan fingerprint density at radius 3 is 2.08 bits per heavy atom. The molecule has 9 atom stereocenters. The Bertz CT molecular complexity index is 2550. The molecule has 16 heteroatoms. The Balaban J connectivity index is 1.09. The highest BCUT2D eigenvalue weighted by atomic mass is 16.5. The molecule has 3 aromatic rings. The summed E-state index contributed by atoms with van der Waals surface area (Å²) in [7, 11) is 3.35. The Hall–Kier alpha value is -6.56. The monoisotopic (exact) mass is 1030 g/mol. The van der Waals surface area contributed by atoms with Gasteiger partial charge in [-0.15, -0.1) is 0 Å². The molecule has 0 saturated carbocycles. The minimum atomic E-state index is -1.04. The van der Waals surface area contributed by atoms with Crippen molar-refractivity contribution in [2.75, 3.05) is 53.5 Å². The van der Waals surface area contributed by atoms with Gasteiger partial charge in [0.2, 0.25) is 29.5 Å². The fourth-order valence-corrected chi connectivity index (χ4v) is 9.87. The average molecular weight is 1030 g/mol. The van der Waals surface area contributed by atoms with Gasteiger partial charge in [-0.2, -0.15) is 0 Å². The van der Waals surface area contributed by atoms with Crippen molar-refractivity contribution >= 4 is 35.4 Å². The molecule has 1 aliphatic carbocycles. The van der Waals surface area contributed by atoms with Gasteiger partial charge in [0, 0.05) is 44.2 Å². The predicted molar refractivity (Wildman–Crippen MR) is 289 cm³/mol. The normalized spacial score (nSPS) is 20.1. The van der Waals surface area contributed by atoms with E-state index in [1.165, 1.54) is 5.56 Å². The van der Waals surface area contributed by atoms with Crippen LogP contribution in [0.2, 0.25) is 0 Å². The highest BCUT2D eigenvalue weighted by Crippen LogP contribution is 2.32. The first-order valence-corrected chi connectivity index (χ1v) is 26.5. The fraction of sp³-hybridized carbons (Fsp3) is 0.525. The average Bonchev–Trinajstić information content (AvgIpc) is 4.08. The predicted octanol–water partition coefficient (Wildman–Crippen LogP) is 4.19. The lowest BCUT2D eigenvalue weighted by Crippen LogP contribution is -2.59. The molecule has 3 aliphatic rings. The van der Waals surface area contributed by atoms with E-state index < -0.39 is 47.8 Å². The number of nitrogens with zero attached hydrogens (tertiary/aromatic N) is 3. The lowest BCUT2D eigenvalue weighted by atomic mass is 9.85. The Labute approximate surface area is 444 Å². The molecule has 2 heterocycles. The maximum absolute atomic E-state index is 14.5.